The lowest BCUT2D eigenvalue weighted by atomic mass is 9.77. The number of allylic oxidation sites excluding steroid dienone is 2. The molecule has 4 unspecified atom stereocenters. The van der Waals surface area contributed by atoms with E-state index in [4.69, 9.17) is 27.9 Å². The molecule has 0 bridgehead atoms. The van der Waals surface area contributed by atoms with Crippen LogP contribution in [0.5, 0.6) is 0 Å². The van der Waals surface area contributed by atoms with E-state index in [9.17, 15) is 9.59 Å². The zero-order chi connectivity index (χ0) is 21.3. The molecule has 0 spiro atoms. The van der Waals surface area contributed by atoms with Crippen LogP contribution in [0.15, 0.2) is 48.1 Å². The molecule has 2 fully saturated rings. The lowest BCUT2D eigenvalue weighted by Crippen LogP contribution is -2.57. The Kier molecular flexibility index (Phi) is 6.54. The minimum absolute atomic E-state index is 0.0190. The van der Waals surface area contributed by atoms with Crippen molar-refractivity contribution >= 4 is 35.1 Å². The molecule has 4 atom stereocenters. The number of piperidine rings is 1. The Balaban J connectivity index is 1.77. The van der Waals surface area contributed by atoms with Crippen LogP contribution in [0.3, 0.4) is 0 Å². The van der Waals surface area contributed by atoms with Gasteiger partial charge in [-0.25, -0.2) is 4.79 Å². The fourth-order valence-electron chi connectivity index (χ4n) is 4.73. The van der Waals surface area contributed by atoms with Gasteiger partial charge in [-0.2, -0.15) is 0 Å². The van der Waals surface area contributed by atoms with Gasteiger partial charge in [-0.3, -0.25) is 4.79 Å². The van der Waals surface area contributed by atoms with Crippen molar-refractivity contribution in [1.29, 1.82) is 0 Å². The van der Waals surface area contributed by atoms with Crippen LogP contribution in [0, 0.1) is 5.92 Å². The van der Waals surface area contributed by atoms with Gasteiger partial charge >= 0.3 is 5.97 Å². The predicted octanol–water partition coefficient (Wildman–Crippen LogP) is 5.25. The Morgan fingerprint density at radius 2 is 2.10 bits per heavy atom. The molecule has 30 heavy (non-hydrogen) atoms. The summed E-state index contributed by atoms with van der Waals surface area (Å²) in [5.41, 5.74) is 2.13. The first-order chi connectivity index (χ1) is 14.5. The summed E-state index contributed by atoms with van der Waals surface area (Å²) >= 11 is 12.6. The van der Waals surface area contributed by atoms with Gasteiger partial charge in [0.1, 0.15) is 6.04 Å². The van der Waals surface area contributed by atoms with Crippen molar-refractivity contribution < 1.29 is 14.3 Å². The molecule has 1 saturated carbocycles. The van der Waals surface area contributed by atoms with Gasteiger partial charge in [0.25, 0.3) is 0 Å². The summed E-state index contributed by atoms with van der Waals surface area (Å²) in [7, 11) is 0. The first-order valence-corrected chi connectivity index (χ1v) is 11.6. The number of benzene rings is 1. The van der Waals surface area contributed by atoms with Crippen LogP contribution in [-0.2, 0) is 14.3 Å². The van der Waals surface area contributed by atoms with Crippen LogP contribution in [0.25, 0.3) is 0 Å². The Morgan fingerprint density at radius 3 is 2.73 bits per heavy atom. The summed E-state index contributed by atoms with van der Waals surface area (Å²) in [4.78, 5) is 28.0. The van der Waals surface area contributed by atoms with Crippen molar-refractivity contribution in [2.45, 2.75) is 62.4 Å². The highest BCUT2D eigenvalue weighted by molar-refractivity contribution is 6.30. The third-order valence-electron chi connectivity index (χ3n) is 6.23. The van der Waals surface area contributed by atoms with Gasteiger partial charge in [0.05, 0.1) is 18.0 Å². The van der Waals surface area contributed by atoms with Crippen molar-refractivity contribution in [3.8, 4) is 0 Å². The number of esters is 1. The third-order valence-corrected chi connectivity index (χ3v) is 6.79. The van der Waals surface area contributed by atoms with Gasteiger partial charge < -0.3 is 9.64 Å². The number of carbonyl (C=O) groups is 2. The summed E-state index contributed by atoms with van der Waals surface area (Å²) < 4.78 is 5.41. The number of likely N-dealkylation sites (tertiary alicyclic amines) is 1. The Bertz CT molecular complexity index is 877. The second kappa shape index (κ2) is 9.15. The van der Waals surface area contributed by atoms with Gasteiger partial charge in [0, 0.05) is 17.4 Å². The van der Waals surface area contributed by atoms with E-state index in [1.54, 1.807) is 6.92 Å². The zero-order valence-electron chi connectivity index (χ0n) is 17.1. The van der Waals surface area contributed by atoms with Crippen LogP contribution >= 0.6 is 23.2 Å². The molecular formula is C24H27Cl2NO3. The predicted molar refractivity (Wildman–Crippen MR) is 119 cm³/mol. The SMILES string of the molecule is CCOC(=O)C(C1CC1)N1C(=O)CCC(c2cccc(Cl)c2)C1C1=CCC(Cl)C=C1. The molecule has 4 nitrogen and oxygen atoms in total. The monoisotopic (exact) mass is 447 g/mol. The summed E-state index contributed by atoms with van der Waals surface area (Å²) in [5, 5.41) is 0.628. The zero-order valence-corrected chi connectivity index (χ0v) is 18.6. The maximum Gasteiger partial charge on any atom is 0.329 e. The highest BCUT2D eigenvalue weighted by Crippen LogP contribution is 2.45. The van der Waals surface area contributed by atoms with E-state index in [1.165, 1.54) is 0 Å². The summed E-state index contributed by atoms with van der Waals surface area (Å²) in [5.74, 6) is -0.0476. The van der Waals surface area contributed by atoms with Gasteiger partial charge in [-0.05, 0) is 61.8 Å². The van der Waals surface area contributed by atoms with Gasteiger partial charge in [-0.1, -0.05) is 42.0 Å². The van der Waals surface area contributed by atoms with Crippen molar-refractivity contribution in [2.24, 2.45) is 5.92 Å². The van der Waals surface area contributed by atoms with E-state index in [0.29, 0.717) is 24.5 Å². The molecule has 4 rings (SSSR count). The minimum Gasteiger partial charge on any atom is -0.464 e. The Labute approximate surface area is 187 Å². The summed E-state index contributed by atoms with van der Waals surface area (Å²) in [6.07, 6.45) is 9.83. The van der Waals surface area contributed by atoms with Crippen LogP contribution in [0.1, 0.15) is 50.5 Å². The average Bonchev–Trinajstić information content (AvgIpc) is 3.55. The largest absolute Gasteiger partial charge is 0.464 e. The summed E-state index contributed by atoms with van der Waals surface area (Å²) in [6.45, 7) is 2.11. The number of hydrogen-bond donors (Lipinski definition) is 0. The minimum atomic E-state index is -0.535. The van der Waals surface area contributed by atoms with Gasteiger partial charge in [0.15, 0.2) is 0 Å². The average molecular weight is 448 g/mol. The van der Waals surface area contributed by atoms with Crippen LogP contribution in [0.4, 0.5) is 0 Å². The number of amides is 1. The molecule has 1 heterocycles. The molecule has 0 N–H and O–H groups in total. The fraction of sp³-hybridized carbons (Fsp3) is 0.500. The molecule has 0 radical (unpaired) electrons. The van der Waals surface area contributed by atoms with Crippen molar-refractivity contribution in [3.05, 3.63) is 58.7 Å². The lowest BCUT2D eigenvalue weighted by molar-refractivity contribution is -0.159. The van der Waals surface area contributed by atoms with E-state index in [0.717, 1.165) is 30.4 Å². The maximum absolute atomic E-state index is 13.3. The van der Waals surface area contributed by atoms with Crippen molar-refractivity contribution in [2.75, 3.05) is 6.61 Å². The van der Waals surface area contributed by atoms with E-state index < -0.39 is 6.04 Å². The highest BCUT2D eigenvalue weighted by Gasteiger charge is 2.50. The number of rotatable bonds is 6. The molecule has 1 aliphatic heterocycles. The Hall–Kier alpha value is -1.78. The number of ether oxygens (including phenoxy) is 1. The highest BCUT2D eigenvalue weighted by atomic mass is 35.5. The van der Waals surface area contributed by atoms with E-state index in [1.807, 2.05) is 35.3 Å². The molecule has 6 heteroatoms. The Morgan fingerprint density at radius 1 is 1.30 bits per heavy atom. The second-order valence-electron chi connectivity index (χ2n) is 8.30. The van der Waals surface area contributed by atoms with Crippen LogP contribution in [-0.4, -0.2) is 40.8 Å². The molecule has 0 aromatic heterocycles. The van der Waals surface area contributed by atoms with Crippen LogP contribution < -0.4 is 0 Å². The molecule has 1 aromatic carbocycles. The number of carbonyl (C=O) groups excluding carboxylic acids is 2. The number of halogens is 2. The quantitative estimate of drug-likeness (QED) is 0.441. The normalized spacial score (nSPS) is 27.6. The van der Waals surface area contributed by atoms with Crippen LogP contribution in [0.2, 0.25) is 5.02 Å². The molecule has 1 aromatic rings. The fourth-order valence-corrected chi connectivity index (χ4v) is 5.09. The maximum atomic E-state index is 13.3. The number of hydrogen-bond acceptors (Lipinski definition) is 3. The number of alkyl halides is 1. The smallest absolute Gasteiger partial charge is 0.329 e. The van der Waals surface area contributed by atoms with Crippen molar-refractivity contribution in [1.82, 2.24) is 4.90 Å². The van der Waals surface area contributed by atoms with E-state index in [-0.39, 0.29) is 35.1 Å². The summed E-state index contributed by atoms with van der Waals surface area (Å²) in [6, 6.07) is 7.06. The standard InChI is InChI=1S/C24H27Cl2NO3/c1-2-30-24(29)23(16-6-7-16)27-21(28)13-12-20(17-4-3-5-19(26)14-17)22(27)15-8-10-18(25)11-9-15/h3-5,8-10,14,16,18,20,22-23H,2,6-7,11-13H2,1H3. The van der Waals surface area contributed by atoms with Gasteiger partial charge in [-0.15, -0.1) is 11.6 Å². The first kappa shape index (κ1) is 21.5. The first-order valence-electron chi connectivity index (χ1n) is 10.7. The number of nitrogens with zero attached hydrogens (tertiary/aromatic N) is 1. The lowest BCUT2D eigenvalue weighted by Gasteiger charge is -2.46. The molecule has 160 valence electrons. The molecule has 2 aliphatic carbocycles. The molecule has 1 saturated heterocycles. The molecular weight excluding hydrogens is 421 g/mol. The third kappa shape index (κ3) is 4.45. The van der Waals surface area contributed by atoms with Crippen molar-refractivity contribution in [3.63, 3.8) is 0 Å². The second-order valence-corrected chi connectivity index (χ2v) is 9.29. The van der Waals surface area contributed by atoms with E-state index >= 15 is 0 Å². The van der Waals surface area contributed by atoms with E-state index in [2.05, 4.69) is 12.1 Å². The van der Waals surface area contributed by atoms with Gasteiger partial charge in [0.2, 0.25) is 5.91 Å². The topological polar surface area (TPSA) is 46.6 Å². The molecule has 3 aliphatic rings. The molecule has 1 amide bonds.